The first-order valence-corrected chi connectivity index (χ1v) is 6.68. The van der Waals surface area contributed by atoms with E-state index in [0.29, 0.717) is 17.0 Å². The van der Waals surface area contributed by atoms with Gasteiger partial charge in [-0.15, -0.1) is 11.3 Å². The molecule has 2 rings (SSSR count). The molecular weight excluding hydrogens is 273 g/mol. The van der Waals surface area contributed by atoms with Crippen LogP contribution in [0.1, 0.15) is 16.5 Å². The molecule has 1 unspecified atom stereocenters. The monoisotopic (exact) mass is 285 g/mol. The zero-order valence-electron chi connectivity index (χ0n) is 9.82. The topological polar surface area (TPSA) is 35.2 Å². The highest BCUT2D eigenvalue weighted by Gasteiger charge is 2.16. The number of nitrogens with two attached hydrogens (primary N) is 1. The van der Waals surface area contributed by atoms with Gasteiger partial charge in [0.15, 0.2) is 0 Å². The van der Waals surface area contributed by atoms with Gasteiger partial charge in [-0.1, -0.05) is 11.6 Å². The van der Waals surface area contributed by atoms with E-state index in [9.17, 15) is 4.39 Å². The quantitative estimate of drug-likeness (QED) is 0.927. The molecule has 1 heterocycles. The van der Waals surface area contributed by atoms with Crippen LogP contribution in [0.3, 0.4) is 0 Å². The minimum Gasteiger partial charge on any atom is -0.496 e. The predicted molar refractivity (Wildman–Crippen MR) is 72.9 cm³/mol. The lowest BCUT2D eigenvalue weighted by Gasteiger charge is -2.12. The van der Waals surface area contributed by atoms with Crippen molar-refractivity contribution in [3.8, 4) is 5.75 Å². The second kappa shape index (κ2) is 5.69. The molecule has 5 heteroatoms. The van der Waals surface area contributed by atoms with Crippen molar-refractivity contribution < 1.29 is 9.13 Å². The molecule has 0 bridgehead atoms. The van der Waals surface area contributed by atoms with Crippen molar-refractivity contribution >= 4 is 22.9 Å². The van der Waals surface area contributed by atoms with E-state index in [2.05, 4.69) is 0 Å². The molecule has 2 nitrogen and oxygen atoms in total. The summed E-state index contributed by atoms with van der Waals surface area (Å²) in [4.78, 5) is 0.914. The molecule has 2 aromatic rings. The van der Waals surface area contributed by atoms with Crippen molar-refractivity contribution in [3.63, 3.8) is 0 Å². The van der Waals surface area contributed by atoms with E-state index in [0.717, 1.165) is 10.6 Å². The first kappa shape index (κ1) is 13.3. The Balaban J connectivity index is 2.21. The zero-order valence-corrected chi connectivity index (χ0v) is 11.4. The summed E-state index contributed by atoms with van der Waals surface area (Å²) >= 11 is 7.36. The number of ether oxygens (including phenoxy) is 1. The van der Waals surface area contributed by atoms with E-state index >= 15 is 0 Å². The Morgan fingerprint density at radius 1 is 1.44 bits per heavy atom. The number of hydrogen-bond donors (Lipinski definition) is 1. The predicted octanol–water partition coefficient (Wildman–Crippen LogP) is 3.79. The lowest BCUT2D eigenvalue weighted by Crippen LogP contribution is -2.13. The summed E-state index contributed by atoms with van der Waals surface area (Å²) in [5.41, 5.74) is 6.61. The van der Waals surface area contributed by atoms with Gasteiger partial charge in [0, 0.05) is 11.1 Å². The van der Waals surface area contributed by atoms with Gasteiger partial charge in [0.05, 0.1) is 12.0 Å². The molecule has 0 fully saturated rings. The number of halogens is 2. The fourth-order valence-corrected chi connectivity index (χ4v) is 2.84. The Labute approximate surface area is 114 Å². The summed E-state index contributed by atoms with van der Waals surface area (Å²) in [6, 6.07) is 6.05. The van der Waals surface area contributed by atoms with Gasteiger partial charge in [-0.05, 0) is 41.6 Å². The molecule has 1 aromatic carbocycles. The molecule has 96 valence electrons. The van der Waals surface area contributed by atoms with E-state index in [1.165, 1.54) is 23.5 Å². The Morgan fingerprint density at radius 3 is 2.94 bits per heavy atom. The number of methoxy groups -OCH3 is 1. The van der Waals surface area contributed by atoms with Crippen LogP contribution in [0, 0.1) is 5.82 Å². The SMILES string of the molecule is COc1ccsc1C(N)Cc1cc(Cl)ccc1F. The average molecular weight is 286 g/mol. The van der Waals surface area contributed by atoms with Gasteiger partial charge in [0.1, 0.15) is 11.6 Å². The third-order valence-electron chi connectivity index (χ3n) is 2.66. The second-order valence-electron chi connectivity index (χ2n) is 3.90. The minimum absolute atomic E-state index is 0.287. The molecule has 1 atom stereocenters. The van der Waals surface area contributed by atoms with Crippen LogP contribution in [0.25, 0.3) is 0 Å². The largest absolute Gasteiger partial charge is 0.496 e. The summed E-state index contributed by atoms with van der Waals surface area (Å²) in [5.74, 6) is 0.459. The molecule has 0 saturated heterocycles. The van der Waals surface area contributed by atoms with Crippen molar-refractivity contribution in [2.45, 2.75) is 12.5 Å². The lowest BCUT2D eigenvalue weighted by atomic mass is 10.0. The molecule has 1 aromatic heterocycles. The summed E-state index contributed by atoms with van der Waals surface area (Å²) in [5, 5.41) is 2.42. The standard InChI is InChI=1S/C13H13ClFNOS/c1-17-12-4-5-18-13(12)11(16)7-8-6-9(14)2-3-10(8)15/h2-6,11H,7,16H2,1H3. The maximum absolute atomic E-state index is 13.6. The van der Waals surface area contributed by atoms with Crippen molar-refractivity contribution in [1.82, 2.24) is 0 Å². The minimum atomic E-state index is -0.298. The maximum atomic E-state index is 13.6. The molecule has 0 radical (unpaired) electrons. The van der Waals surface area contributed by atoms with E-state index < -0.39 is 0 Å². The third kappa shape index (κ3) is 2.83. The van der Waals surface area contributed by atoms with Crippen LogP contribution in [-0.2, 0) is 6.42 Å². The van der Waals surface area contributed by atoms with Crippen LogP contribution >= 0.6 is 22.9 Å². The lowest BCUT2D eigenvalue weighted by molar-refractivity contribution is 0.408. The normalized spacial score (nSPS) is 12.4. The van der Waals surface area contributed by atoms with Crippen LogP contribution in [0.5, 0.6) is 5.75 Å². The van der Waals surface area contributed by atoms with Crippen LogP contribution in [-0.4, -0.2) is 7.11 Å². The molecule has 0 aliphatic heterocycles. The van der Waals surface area contributed by atoms with E-state index in [4.69, 9.17) is 22.1 Å². The van der Waals surface area contributed by atoms with E-state index in [-0.39, 0.29) is 11.9 Å². The van der Waals surface area contributed by atoms with Gasteiger partial charge < -0.3 is 10.5 Å². The Bertz CT molecular complexity index is 544. The number of benzene rings is 1. The third-order valence-corrected chi connectivity index (χ3v) is 3.93. The molecule has 2 N–H and O–H groups in total. The highest BCUT2D eigenvalue weighted by Crippen LogP contribution is 2.32. The summed E-state index contributed by atoms with van der Waals surface area (Å²) in [6.07, 6.45) is 0.392. The van der Waals surface area contributed by atoms with Gasteiger partial charge in [0.2, 0.25) is 0 Å². The average Bonchev–Trinajstić information content (AvgIpc) is 2.82. The fraction of sp³-hybridized carbons (Fsp3) is 0.231. The first-order valence-electron chi connectivity index (χ1n) is 5.42. The van der Waals surface area contributed by atoms with Gasteiger partial charge in [-0.3, -0.25) is 0 Å². The highest BCUT2D eigenvalue weighted by atomic mass is 35.5. The van der Waals surface area contributed by atoms with Gasteiger partial charge in [-0.2, -0.15) is 0 Å². The number of thiophene rings is 1. The Hall–Kier alpha value is -1.10. The molecule has 0 amide bonds. The summed E-state index contributed by atoms with van der Waals surface area (Å²) in [7, 11) is 1.60. The molecule has 0 aliphatic carbocycles. The highest BCUT2D eigenvalue weighted by molar-refractivity contribution is 7.10. The molecule has 0 aliphatic rings. The smallest absolute Gasteiger partial charge is 0.134 e. The van der Waals surface area contributed by atoms with Crippen molar-refractivity contribution in [2.24, 2.45) is 5.73 Å². The zero-order chi connectivity index (χ0) is 13.1. The first-order chi connectivity index (χ1) is 8.61. The number of hydrogen-bond acceptors (Lipinski definition) is 3. The van der Waals surface area contributed by atoms with Crippen molar-refractivity contribution in [2.75, 3.05) is 7.11 Å². The maximum Gasteiger partial charge on any atom is 0.134 e. The number of rotatable bonds is 4. The van der Waals surface area contributed by atoms with E-state index in [1.54, 1.807) is 13.2 Å². The van der Waals surface area contributed by atoms with Gasteiger partial charge in [0.25, 0.3) is 0 Å². The Kier molecular flexibility index (Phi) is 4.22. The van der Waals surface area contributed by atoms with Crippen LogP contribution in [0.2, 0.25) is 5.02 Å². The van der Waals surface area contributed by atoms with Crippen molar-refractivity contribution in [3.05, 3.63) is 50.9 Å². The van der Waals surface area contributed by atoms with Gasteiger partial charge in [-0.25, -0.2) is 4.39 Å². The summed E-state index contributed by atoms with van der Waals surface area (Å²) in [6.45, 7) is 0. The Morgan fingerprint density at radius 2 is 2.22 bits per heavy atom. The van der Waals surface area contributed by atoms with Crippen LogP contribution in [0.15, 0.2) is 29.6 Å². The molecule has 18 heavy (non-hydrogen) atoms. The fourth-order valence-electron chi connectivity index (χ4n) is 1.78. The molecule has 0 spiro atoms. The van der Waals surface area contributed by atoms with Crippen LogP contribution < -0.4 is 10.5 Å². The van der Waals surface area contributed by atoms with E-state index in [1.807, 2.05) is 11.4 Å². The molecule has 0 saturated carbocycles. The molecular formula is C13H13ClFNOS. The van der Waals surface area contributed by atoms with Crippen LogP contribution in [0.4, 0.5) is 4.39 Å². The van der Waals surface area contributed by atoms with Gasteiger partial charge >= 0.3 is 0 Å². The summed E-state index contributed by atoms with van der Waals surface area (Å²) < 4.78 is 18.8. The van der Waals surface area contributed by atoms with Crippen molar-refractivity contribution in [1.29, 1.82) is 0 Å². The second-order valence-corrected chi connectivity index (χ2v) is 5.28.